The summed E-state index contributed by atoms with van der Waals surface area (Å²) in [4.78, 5) is 38.7. The second kappa shape index (κ2) is 7.12. The van der Waals surface area contributed by atoms with Crippen molar-refractivity contribution in [3.63, 3.8) is 0 Å². The Balaban J connectivity index is 2.14. The normalized spacial score (nSPS) is 12.3. The molecule has 0 spiro atoms. The third-order valence-electron chi connectivity index (χ3n) is 5.52. The summed E-state index contributed by atoms with van der Waals surface area (Å²) in [6, 6.07) is 6.02. The van der Waals surface area contributed by atoms with Gasteiger partial charge in [0.05, 0.1) is 18.2 Å². The lowest BCUT2D eigenvalue weighted by atomic mass is 9.78. The van der Waals surface area contributed by atoms with Crippen molar-refractivity contribution in [3.8, 4) is 39.9 Å². The maximum absolute atomic E-state index is 13.4. The number of hydrogen-bond acceptors (Lipinski definition) is 8. The molecule has 3 aromatic rings. The molecular formula is C24H18O8. The number of carbonyl (C=O) groups excluding carboxylic acids is 3. The number of ketones is 3. The van der Waals surface area contributed by atoms with E-state index in [1.165, 1.54) is 39.2 Å². The van der Waals surface area contributed by atoms with Crippen molar-refractivity contribution in [1.82, 2.24) is 0 Å². The van der Waals surface area contributed by atoms with E-state index in [0.29, 0.717) is 0 Å². The van der Waals surface area contributed by atoms with E-state index in [9.17, 15) is 34.8 Å². The van der Waals surface area contributed by atoms with E-state index in [1.807, 2.05) is 0 Å². The predicted octanol–water partition coefficient (Wildman–Crippen LogP) is 3.47. The molecule has 0 heterocycles. The van der Waals surface area contributed by atoms with Crippen LogP contribution in [0.2, 0.25) is 0 Å². The van der Waals surface area contributed by atoms with Crippen molar-refractivity contribution in [2.24, 2.45) is 0 Å². The van der Waals surface area contributed by atoms with Gasteiger partial charge in [0.25, 0.3) is 0 Å². The van der Waals surface area contributed by atoms with E-state index in [1.54, 1.807) is 0 Å². The van der Waals surface area contributed by atoms with Crippen LogP contribution < -0.4 is 4.74 Å². The maximum atomic E-state index is 13.4. The summed E-state index contributed by atoms with van der Waals surface area (Å²) in [5.41, 5.74) is -0.825. The van der Waals surface area contributed by atoms with Gasteiger partial charge in [-0.2, -0.15) is 0 Å². The third kappa shape index (κ3) is 2.80. The average molecular weight is 434 g/mol. The van der Waals surface area contributed by atoms with Crippen molar-refractivity contribution in [2.75, 3.05) is 7.11 Å². The minimum absolute atomic E-state index is 0.00460. The Morgan fingerprint density at radius 3 is 2.06 bits per heavy atom. The monoisotopic (exact) mass is 434 g/mol. The van der Waals surface area contributed by atoms with Gasteiger partial charge < -0.3 is 25.2 Å². The van der Waals surface area contributed by atoms with Crippen molar-refractivity contribution in [1.29, 1.82) is 0 Å². The number of aryl methyl sites for hydroxylation is 1. The Hall–Kier alpha value is -4.33. The van der Waals surface area contributed by atoms with Crippen LogP contribution in [-0.4, -0.2) is 44.9 Å². The second-order valence-corrected chi connectivity index (χ2v) is 7.48. The van der Waals surface area contributed by atoms with Crippen LogP contribution in [0.4, 0.5) is 0 Å². The van der Waals surface area contributed by atoms with Crippen LogP contribution in [0.3, 0.4) is 0 Å². The van der Waals surface area contributed by atoms with Gasteiger partial charge in [-0.25, -0.2) is 0 Å². The number of Topliss-reactive ketones (excluding diaryl/α,β-unsaturated/α-hetero) is 1. The largest absolute Gasteiger partial charge is 0.508 e. The van der Waals surface area contributed by atoms with Crippen LogP contribution in [0.1, 0.15) is 54.7 Å². The van der Waals surface area contributed by atoms with Crippen molar-refractivity contribution in [2.45, 2.75) is 13.8 Å². The quantitative estimate of drug-likeness (QED) is 0.359. The number of fused-ring (bicyclic) bond motifs is 2. The highest BCUT2D eigenvalue weighted by Crippen LogP contribution is 2.50. The highest BCUT2D eigenvalue weighted by atomic mass is 16.5. The Morgan fingerprint density at radius 2 is 1.44 bits per heavy atom. The molecule has 0 aliphatic heterocycles. The summed E-state index contributed by atoms with van der Waals surface area (Å²) in [5.74, 6) is -3.77. The van der Waals surface area contributed by atoms with Gasteiger partial charge in [0.2, 0.25) is 0 Å². The van der Waals surface area contributed by atoms with Crippen LogP contribution >= 0.6 is 0 Å². The zero-order chi connectivity index (χ0) is 23.5. The Bertz CT molecular complexity index is 1370. The predicted molar refractivity (Wildman–Crippen MR) is 113 cm³/mol. The molecular weight excluding hydrogens is 416 g/mol. The SMILES string of the molecule is COc1cc(O)c(-c2c(C)cc(O)c3c2C(=O)c2ccc(O)cc2C3=O)c(O)c1C(C)=O. The van der Waals surface area contributed by atoms with E-state index >= 15 is 0 Å². The third-order valence-corrected chi connectivity index (χ3v) is 5.52. The van der Waals surface area contributed by atoms with Crippen LogP contribution in [0.15, 0.2) is 30.3 Å². The van der Waals surface area contributed by atoms with E-state index in [4.69, 9.17) is 4.74 Å². The van der Waals surface area contributed by atoms with Crippen LogP contribution in [0.5, 0.6) is 28.7 Å². The topological polar surface area (TPSA) is 141 Å². The number of carbonyl (C=O) groups is 3. The molecule has 0 saturated carbocycles. The molecule has 1 aliphatic rings. The van der Waals surface area contributed by atoms with E-state index in [2.05, 4.69) is 0 Å². The second-order valence-electron chi connectivity index (χ2n) is 7.48. The number of phenolic OH excluding ortho intramolecular Hbond substituents is 4. The van der Waals surface area contributed by atoms with Crippen LogP contribution in [0, 0.1) is 6.92 Å². The highest BCUT2D eigenvalue weighted by Gasteiger charge is 2.37. The van der Waals surface area contributed by atoms with Gasteiger partial charge in [-0.15, -0.1) is 0 Å². The molecule has 1 aliphatic carbocycles. The fourth-order valence-corrected chi connectivity index (χ4v) is 4.15. The lowest BCUT2D eigenvalue weighted by molar-refractivity contribution is 0.0976. The first-order valence-corrected chi connectivity index (χ1v) is 9.51. The Morgan fingerprint density at radius 1 is 0.812 bits per heavy atom. The highest BCUT2D eigenvalue weighted by molar-refractivity contribution is 6.31. The number of hydrogen-bond donors (Lipinski definition) is 4. The van der Waals surface area contributed by atoms with E-state index < -0.39 is 34.6 Å². The summed E-state index contributed by atoms with van der Waals surface area (Å²) < 4.78 is 5.09. The lowest BCUT2D eigenvalue weighted by Gasteiger charge is -2.24. The first kappa shape index (κ1) is 20.9. The molecule has 4 rings (SSSR count). The van der Waals surface area contributed by atoms with Crippen LogP contribution in [0.25, 0.3) is 11.1 Å². The van der Waals surface area contributed by atoms with E-state index in [-0.39, 0.29) is 56.0 Å². The lowest BCUT2D eigenvalue weighted by Crippen LogP contribution is -2.22. The molecule has 4 N–H and O–H groups in total. The Kier molecular flexibility index (Phi) is 4.66. The van der Waals surface area contributed by atoms with Gasteiger partial charge in [0.1, 0.15) is 34.3 Å². The van der Waals surface area contributed by atoms with Gasteiger partial charge in [-0.05, 0) is 43.7 Å². The smallest absolute Gasteiger partial charge is 0.198 e. The minimum Gasteiger partial charge on any atom is -0.508 e. The molecule has 0 fully saturated rings. The molecule has 8 heteroatoms. The number of aromatic hydroxyl groups is 4. The van der Waals surface area contributed by atoms with Gasteiger partial charge in [-0.1, -0.05) is 0 Å². The van der Waals surface area contributed by atoms with Crippen LogP contribution in [-0.2, 0) is 0 Å². The zero-order valence-electron chi connectivity index (χ0n) is 17.3. The summed E-state index contributed by atoms with van der Waals surface area (Å²) in [7, 11) is 1.27. The molecule has 0 amide bonds. The van der Waals surface area contributed by atoms with Gasteiger partial charge in [-0.3, -0.25) is 14.4 Å². The average Bonchev–Trinajstić information content (AvgIpc) is 2.72. The number of rotatable bonds is 3. The summed E-state index contributed by atoms with van der Waals surface area (Å²) in [6.45, 7) is 2.73. The Labute approximate surface area is 182 Å². The fraction of sp³-hybridized carbons (Fsp3) is 0.125. The zero-order valence-corrected chi connectivity index (χ0v) is 17.3. The molecule has 0 bridgehead atoms. The first-order chi connectivity index (χ1) is 15.1. The number of methoxy groups -OCH3 is 1. The molecule has 0 aromatic heterocycles. The van der Waals surface area contributed by atoms with Gasteiger partial charge in [0.15, 0.2) is 17.3 Å². The van der Waals surface area contributed by atoms with Gasteiger partial charge >= 0.3 is 0 Å². The number of benzene rings is 3. The molecule has 0 saturated heterocycles. The minimum atomic E-state index is -0.705. The molecule has 8 nitrogen and oxygen atoms in total. The van der Waals surface area contributed by atoms with Crippen molar-refractivity contribution < 1.29 is 39.5 Å². The first-order valence-electron chi connectivity index (χ1n) is 9.51. The molecule has 0 radical (unpaired) electrons. The molecule has 0 unspecified atom stereocenters. The van der Waals surface area contributed by atoms with E-state index in [0.717, 1.165) is 12.1 Å². The molecule has 162 valence electrons. The molecule has 0 atom stereocenters. The van der Waals surface area contributed by atoms with Crippen molar-refractivity contribution in [3.05, 3.63) is 63.7 Å². The summed E-state index contributed by atoms with van der Waals surface area (Å²) in [6.07, 6.45) is 0. The van der Waals surface area contributed by atoms with Crippen molar-refractivity contribution >= 4 is 17.3 Å². The summed E-state index contributed by atoms with van der Waals surface area (Å²) in [5, 5.41) is 41.9. The fourth-order valence-electron chi connectivity index (χ4n) is 4.15. The maximum Gasteiger partial charge on any atom is 0.198 e. The molecule has 3 aromatic carbocycles. The van der Waals surface area contributed by atoms with Gasteiger partial charge in [0, 0.05) is 28.3 Å². The number of phenols is 4. The standard InChI is InChI=1S/C24H18O8/c1-9-6-14(27)20-21(22(29)12-5-4-11(26)7-13(12)23(20)30)17(9)19-15(28)8-16(32-3)18(10(2)25)24(19)31/h4-8,26-28,31H,1-3H3. The summed E-state index contributed by atoms with van der Waals surface area (Å²) >= 11 is 0. The number of ether oxygens (including phenoxy) is 1. The molecule has 32 heavy (non-hydrogen) atoms.